The second-order valence-electron chi connectivity index (χ2n) is 5.08. The normalized spacial score (nSPS) is 26.4. The SMILES string of the molecule is Cl.N[C@H]1CCN(CC(=O)N2CCCCCC2)C1. The van der Waals surface area contributed by atoms with Gasteiger partial charge in [-0.3, -0.25) is 9.69 Å². The third kappa shape index (κ3) is 4.45. The lowest BCUT2D eigenvalue weighted by Crippen LogP contribution is -2.40. The first-order valence-corrected chi connectivity index (χ1v) is 6.51. The second-order valence-corrected chi connectivity index (χ2v) is 5.08. The number of hydrogen-bond donors (Lipinski definition) is 1. The lowest BCUT2D eigenvalue weighted by atomic mass is 10.2. The molecule has 5 heteroatoms. The number of amides is 1. The van der Waals surface area contributed by atoms with Crippen molar-refractivity contribution in [1.82, 2.24) is 9.80 Å². The van der Waals surface area contributed by atoms with Gasteiger partial charge in [0.25, 0.3) is 0 Å². The number of rotatable bonds is 2. The number of carbonyl (C=O) groups is 1. The molecule has 0 radical (unpaired) electrons. The van der Waals surface area contributed by atoms with Crippen LogP contribution in [0.4, 0.5) is 0 Å². The van der Waals surface area contributed by atoms with Crippen LogP contribution in [0, 0.1) is 0 Å². The highest BCUT2D eigenvalue weighted by atomic mass is 35.5. The third-order valence-electron chi connectivity index (χ3n) is 3.63. The minimum absolute atomic E-state index is 0. The second kappa shape index (κ2) is 7.19. The molecule has 1 atom stereocenters. The molecule has 0 spiro atoms. The number of hydrogen-bond acceptors (Lipinski definition) is 3. The first-order valence-electron chi connectivity index (χ1n) is 6.51. The molecule has 2 rings (SSSR count). The minimum atomic E-state index is 0. The lowest BCUT2D eigenvalue weighted by Gasteiger charge is -2.23. The maximum atomic E-state index is 12.1. The fourth-order valence-electron chi connectivity index (χ4n) is 2.62. The minimum Gasteiger partial charge on any atom is -0.342 e. The van der Waals surface area contributed by atoms with E-state index in [2.05, 4.69) is 4.90 Å². The summed E-state index contributed by atoms with van der Waals surface area (Å²) in [6.45, 7) is 4.37. The molecular weight excluding hydrogens is 238 g/mol. The molecule has 0 aromatic carbocycles. The van der Waals surface area contributed by atoms with Crippen molar-refractivity contribution in [2.75, 3.05) is 32.7 Å². The summed E-state index contributed by atoms with van der Waals surface area (Å²) >= 11 is 0. The zero-order chi connectivity index (χ0) is 11.4. The molecule has 0 aromatic heterocycles. The van der Waals surface area contributed by atoms with E-state index in [0.717, 1.165) is 32.6 Å². The molecule has 0 unspecified atom stereocenters. The molecule has 0 saturated carbocycles. The zero-order valence-electron chi connectivity index (χ0n) is 10.4. The molecule has 4 nitrogen and oxygen atoms in total. The highest BCUT2D eigenvalue weighted by molar-refractivity contribution is 5.85. The van der Waals surface area contributed by atoms with Gasteiger partial charge in [0.05, 0.1) is 6.54 Å². The van der Waals surface area contributed by atoms with Gasteiger partial charge < -0.3 is 10.6 Å². The molecule has 1 amide bonds. The highest BCUT2D eigenvalue weighted by Crippen LogP contribution is 2.11. The smallest absolute Gasteiger partial charge is 0.236 e. The van der Waals surface area contributed by atoms with E-state index in [4.69, 9.17) is 5.73 Å². The van der Waals surface area contributed by atoms with E-state index in [1.165, 1.54) is 25.7 Å². The van der Waals surface area contributed by atoms with E-state index < -0.39 is 0 Å². The summed E-state index contributed by atoms with van der Waals surface area (Å²) in [6, 6.07) is 0.275. The lowest BCUT2D eigenvalue weighted by molar-refractivity contribution is -0.132. The van der Waals surface area contributed by atoms with Crippen LogP contribution in [-0.4, -0.2) is 54.5 Å². The molecule has 2 fully saturated rings. The Labute approximate surface area is 110 Å². The van der Waals surface area contributed by atoms with Crippen LogP contribution in [0.1, 0.15) is 32.1 Å². The largest absolute Gasteiger partial charge is 0.342 e. The van der Waals surface area contributed by atoms with Gasteiger partial charge in [-0.05, 0) is 19.3 Å². The molecule has 2 N–H and O–H groups in total. The average Bonchev–Trinajstić information content (AvgIpc) is 2.56. The molecule has 0 aliphatic carbocycles. The van der Waals surface area contributed by atoms with E-state index in [9.17, 15) is 4.79 Å². The molecule has 0 aromatic rings. The molecule has 17 heavy (non-hydrogen) atoms. The zero-order valence-corrected chi connectivity index (χ0v) is 11.3. The van der Waals surface area contributed by atoms with E-state index in [1.54, 1.807) is 0 Å². The summed E-state index contributed by atoms with van der Waals surface area (Å²) in [6.07, 6.45) is 5.93. The standard InChI is InChI=1S/C12H23N3O.ClH/c13-11-5-8-14(9-11)10-12(16)15-6-3-1-2-4-7-15;/h11H,1-10,13H2;1H/t11-;/m0./s1. The van der Waals surface area contributed by atoms with Gasteiger partial charge in [0.15, 0.2) is 0 Å². The fourth-order valence-corrected chi connectivity index (χ4v) is 2.62. The Morgan fingerprint density at radius 2 is 1.76 bits per heavy atom. The highest BCUT2D eigenvalue weighted by Gasteiger charge is 2.23. The van der Waals surface area contributed by atoms with Gasteiger partial charge >= 0.3 is 0 Å². The summed E-state index contributed by atoms with van der Waals surface area (Å²) in [5, 5.41) is 0. The topological polar surface area (TPSA) is 49.6 Å². The molecule has 2 heterocycles. The number of carbonyl (C=O) groups excluding carboxylic acids is 1. The summed E-state index contributed by atoms with van der Waals surface area (Å²) in [4.78, 5) is 16.3. The predicted octanol–water partition coefficient (Wildman–Crippen LogP) is 0.844. The Balaban J connectivity index is 0.00000144. The van der Waals surface area contributed by atoms with Crippen molar-refractivity contribution in [3.63, 3.8) is 0 Å². The predicted molar refractivity (Wildman–Crippen MR) is 71.3 cm³/mol. The Morgan fingerprint density at radius 1 is 1.12 bits per heavy atom. The summed E-state index contributed by atoms with van der Waals surface area (Å²) in [5.41, 5.74) is 5.84. The van der Waals surface area contributed by atoms with E-state index in [-0.39, 0.29) is 18.4 Å². The van der Waals surface area contributed by atoms with Gasteiger partial charge in [-0.15, -0.1) is 12.4 Å². The van der Waals surface area contributed by atoms with Gasteiger partial charge in [0, 0.05) is 32.2 Å². The third-order valence-corrected chi connectivity index (χ3v) is 3.63. The van der Waals surface area contributed by atoms with E-state index in [0.29, 0.717) is 12.5 Å². The van der Waals surface area contributed by atoms with Crippen LogP contribution in [0.5, 0.6) is 0 Å². The summed E-state index contributed by atoms with van der Waals surface area (Å²) in [5.74, 6) is 0.302. The Bertz CT molecular complexity index is 242. The van der Waals surface area contributed by atoms with Crippen LogP contribution in [0.3, 0.4) is 0 Å². The van der Waals surface area contributed by atoms with Crippen LogP contribution < -0.4 is 5.73 Å². The van der Waals surface area contributed by atoms with Crippen molar-refractivity contribution in [3.8, 4) is 0 Å². The van der Waals surface area contributed by atoms with Gasteiger partial charge in [-0.2, -0.15) is 0 Å². The molecule has 100 valence electrons. The van der Waals surface area contributed by atoms with Crippen molar-refractivity contribution in [1.29, 1.82) is 0 Å². The van der Waals surface area contributed by atoms with Gasteiger partial charge in [-0.25, -0.2) is 0 Å². The fraction of sp³-hybridized carbons (Fsp3) is 0.917. The van der Waals surface area contributed by atoms with Crippen molar-refractivity contribution in [2.45, 2.75) is 38.1 Å². The Morgan fingerprint density at radius 3 is 2.29 bits per heavy atom. The number of likely N-dealkylation sites (tertiary alicyclic amines) is 2. The van der Waals surface area contributed by atoms with E-state index >= 15 is 0 Å². The summed E-state index contributed by atoms with van der Waals surface area (Å²) in [7, 11) is 0. The maximum Gasteiger partial charge on any atom is 0.236 e. The molecule has 2 aliphatic rings. The number of halogens is 1. The van der Waals surface area contributed by atoms with Crippen LogP contribution in [0.15, 0.2) is 0 Å². The number of nitrogens with two attached hydrogens (primary N) is 1. The Hall–Kier alpha value is -0.320. The van der Waals surface area contributed by atoms with Crippen LogP contribution in [0.25, 0.3) is 0 Å². The van der Waals surface area contributed by atoms with Gasteiger partial charge in [0.2, 0.25) is 5.91 Å². The van der Waals surface area contributed by atoms with E-state index in [1.807, 2.05) is 4.90 Å². The quantitative estimate of drug-likeness (QED) is 0.802. The van der Waals surface area contributed by atoms with Crippen LogP contribution >= 0.6 is 12.4 Å². The van der Waals surface area contributed by atoms with Crippen molar-refractivity contribution < 1.29 is 4.79 Å². The Kier molecular flexibility index (Phi) is 6.23. The molecule has 0 bridgehead atoms. The monoisotopic (exact) mass is 261 g/mol. The van der Waals surface area contributed by atoms with Crippen LogP contribution in [-0.2, 0) is 4.79 Å². The van der Waals surface area contributed by atoms with Crippen molar-refractivity contribution in [2.24, 2.45) is 5.73 Å². The van der Waals surface area contributed by atoms with Crippen molar-refractivity contribution >= 4 is 18.3 Å². The number of nitrogens with zero attached hydrogens (tertiary/aromatic N) is 2. The van der Waals surface area contributed by atoms with Crippen LogP contribution in [0.2, 0.25) is 0 Å². The van der Waals surface area contributed by atoms with Gasteiger partial charge in [-0.1, -0.05) is 12.8 Å². The summed E-state index contributed by atoms with van der Waals surface area (Å²) < 4.78 is 0. The molecule has 2 saturated heterocycles. The molecular formula is C12H24ClN3O. The first kappa shape index (κ1) is 14.7. The average molecular weight is 262 g/mol. The first-order chi connectivity index (χ1) is 7.75. The molecule has 2 aliphatic heterocycles. The van der Waals surface area contributed by atoms with Crippen molar-refractivity contribution in [3.05, 3.63) is 0 Å². The van der Waals surface area contributed by atoms with Gasteiger partial charge in [0.1, 0.15) is 0 Å². The maximum absolute atomic E-state index is 12.1.